The molecule has 0 aromatic rings. The van der Waals surface area contributed by atoms with Gasteiger partial charge >= 0.3 is 0 Å². The van der Waals surface area contributed by atoms with E-state index in [1.807, 2.05) is 0 Å². The molecule has 0 aromatic heterocycles. The van der Waals surface area contributed by atoms with E-state index in [1.54, 1.807) is 0 Å². The Morgan fingerprint density at radius 2 is 2.33 bits per heavy atom. The van der Waals surface area contributed by atoms with Crippen LogP contribution in [0.25, 0.3) is 0 Å². The largest absolute Gasteiger partial charge is 0.0991 e. The molecule has 34 valence electrons. The lowest BCUT2D eigenvalue weighted by atomic mass is 10.3. The minimum Gasteiger partial charge on any atom is -0.0991 e. The van der Waals surface area contributed by atoms with Crippen LogP contribution in [0.5, 0.6) is 0 Å². The summed E-state index contributed by atoms with van der Waals surface area (Å²) in [6.07, 6.45) is 0.628. The van der Waals surface area contributed by atoms with Crippen molar-refractivity contribution in [2.24, 2.45) is 0 Å². The number of allylic oxidation sites excluding steroid dienone is 1. The molecule has 0 unspecified atom stereocenters. The molecule has 0 rings (SSSR count). The molecule has 0 fully saturated rings. The minimum atomic E-state index is 0.628. The Kier molecular flexibility index (Phi) is 3.94. The quantitative estimate of drug-likeness (QED) is 0.358. The maximum Gasteiger partial charge on any atom is 0.0203 e. The van der Waals surface area contributed by atoms with Crippen LogP contribution in [-0.2, 0) is 0 Å². The Balaban J connectivity index is 2.99. The highest BCUT2D eigenvalue weighted by Crippen LogP contribution is 1.98. The van der Waals surface area contributed by atoms with E-state index in [4.69, 9.17) is 6.92 Å². The van der Waals surface area contributed by atoms with Gasteiger partial charge in [0.2, 0.25) is 0 Å². The van der Waals surface area contributed by atoms with Gasteiger partial charge in [0.25, 0.3) is 0 Å². The summed E-state index contributed by atoms with van der Waals surface area (Å²) >= 11 is 2.23. The van der Waals surface area contributed by atoms with E-state index in [-0.39, 0.29) is 0 Å². The second-order valence-electron chi connectivity index (χ2n) is 1.09. The van der Waals surface area contributed by atoms with Gasteiger partial charge in [-0.1, -0.05) is 34.7 Å². The van der Waals surface area contributed by atoms with Crippen LogP contribution in [0, 0.1) is 6.92 Å². The van der Waals surface area contributed by atoms with Crippen molar-refractivity contribution in [1.29, 1.82) is 0 Å². The zero-order valence-electron chi connectivity index (χ0n) is 3.58. The second-order valence-corrected chi connectivity index (χ2v) is 1.85. The molecule has 0 atom stereocenters. The molecule has 0 aliphatic rings. The van der Waals surface area contributed by atoms with E-state index in [0.717, 1.165) is 10.0 Å². The summed E-state index contributed by atoms with van der Waals surface area (Å²) in [5.74, 6) is 0. The number of halogens is 1. The van der Waals surface area contributed by atoms with Crippen molar-refractivity contribution in [3.8, 4) is 0 Å². The maximum absolute atomic E-state index is 5.18. The normalized spacial score (nSPS) is 8.33. The first-order valence-corrected chi connectivity index (χ1v) is 3.26. The van der Waals surface area contributed by atoms with Crippen molar-refractivity contribution in [3.63, 3.8) is 0 Å². The van der Waals surface area contributed by atoms with Gasteiger partial charge in [-0.05, 0) is 13.3 Å². The van der Waals surface area contributed by atoms with Crippen LogP contribution >= 0.6 is 22.6 Å². The molecule has 0 aliphatic heterocycles. The van der Waals surface area contributed by atoms with Gasteiger partial charge in [0, 0.05) is 4.43 Å². The number of hydrogen-bond acceptors (Lipinski definition) is 0. The van der Waals surface area contributed by atoms with E-state index in [0.29, 0.717) is 6.42 Å². The van der Waals surface area contributed by atoms with E-state index in [9.17, 15) is 0 Å². The first kappa shape index (κ1) is 6.47. The highest BCUT2D eigenvalue weighted by molar-refractivity contribution is 14.1. The number of hydrogen-bond donors (Lipinski definition) is 0. The Bertz CT molecular complexity index is 41.9. The fourth-order valence-electron chi connectivity index (χ4n) is 0.0546. The van der Waals surface area contributed by atoms with Gasteiger partial charge in [-0.3, -0.25) is 0 Å². The topological polar surface area (TPSA) is 0 Å². The SMILES string of the molecule is [CH]CC(=C)CI. The average Bonchev–Trinajstić information content (AvgIpc) is 1.65. The number of alkyl halides is 1. The predicted molar refractivity (Wildman–Crippen MR) is 36.9 cm³/mol. The smallest absolute Gasteiger partial charge is 0.0203 e. The van der Waals surface area contributed by atoms with Gasteiger partial charge in [0.1, 0.15) is 0 Å². The van der Waals surface area contributed by atoms with Crippen molar-refractivity contribution in [2.75, 3.05) is 4.43 Å². The summed E-state index contributed by atoms with van der Waals surface area (Å²) < 4.78 is 0.980. The molecule has 0 saturated heterocycles. The molecule has 6 heavy (non-hydrogen) atoms. The third-order valence-corrected chi connectivity index (χ3v) is 1.56. The molecule has 0 nitrogen and oxygen atoms in total. The van der Waals surface area contributed by atoms with Gasteiger partial charge in [-0.15, -0.1) is 0 Å². The van der Waals surface area contributed by atoms with E-state index in [1.165, 1.54) is 0 Å². The molecule has 0 spiro atoms. The van der Waals surface area contributed by atoms with Crippen molar-refractivity contribution in [2.45, 2.75) is 6.42 Å². The Morgan fingerprint density at radius 3 is 2.33 bits per heavy atom. The van der Waals surface area contributed by atoms with Crippen molar-refractivity contribution in [1.82, 2.24) is 0 Å². The molecule has 0 aromatic carbocycles. The second kappa shape index (κ2) is 3.65. The summed E-state index contributed by atoms with van der Waals surface area (Å²) in [6.45, 7) is 8.84. The Morgan fingerprint density at radius 1 is 1.83 bits per heavy atom. The van der Waals surface area contributed by atoms with E-state index in [2.05, 4.69) is 29.2 Å². The van der Waals surface area contributed by atoms with Crippen LogP contribution in [0.1, 0.15) is 6.42 Å². The number of rotatable bonds is 2. The van der Waals surface area contributed by atoms with E-state index < -0.39 is 0 Å². The maximum atomic E-state index is 5.18. The molecule has 0 bridgehead atoms. The summed E-state index contributed by atoms with van der Waals surface area (Å²) in [4.78, 5) is 0. The van der Waals surface area contributed by atoms with Crippen LogP contribution in [0.2, 0.25) is 0 Å². The molecule has 0 N–H and O–H groups in total. The van der Waals surface area contributed by atoms with Crippen LogP contribution in [-0.4, -0.2) is 4.43 Å². The standard InChI is InChI=1S/C5H7I/c1-3-5(2)4-6/h1H,2-4H2. The lowest BCUT2D eigenvalue weighted by Crippen LogP contribution is -1.73. The molecule has 2 radical (unpaired) electrons. The van der Waals surface area contributed by atoms with Gasteiger partial charge in [-0.2, -0.15) is 0 Å². The van der Waals surface area contributed by atoms with Crippen LogP contribution < -0.4 is 0 Å². The van der Waals surface area contributed by atoms with Gasteiger partial charge in [-0.25, -0.2) is 0 Å². The lowest BCUT2D eigenvalue weighted by molar-refractivity contribution is 1.25. The highest BCUT2D eigenvalue weighted by atomic mass is 127. The Hall–Kier alpha value is 0.470. The molecule has 0 heterocycles. The molecule has 1 heteroatoms. The molecule has 0 aliphatic carbocycles. The Labute approximate surface area is 52.8 Å². The monoisotopic (exact) mass is 194 g/mol. The summed E-state index contributed by atoms with van der Waals surface area (Å²) in [7, 11) is 0. The van der Waals surface area contributed by atoms with Gasteiger partial charge in [0.15, 0.2) is 0 Å². The van der Waals surface area contributed by atoms with Crippen LogP contribution in [0.15, 0.2) is 12.2 Å². The lowest BCUT2D eigenvalue weighted by Gasteiger charge is -1.87. The zero-order chi connectivity index (χ0) is 4.99. The third-order valence-electron chi connectivity index (χ3n) is 0.478. The van der Waals surface area contributed by atoms with Gasteiger partial charge in [0.05, 0.1) is 0 Å². The van der Waals surface area contributed by atoms with Crippen LogP contribution in [0.3, 0.4) is 0 Å². The third kappa shape index (κ3) is 2.69. The molecular weight excluding hydrogens is 187 g/mol. The predicted octanol–water partition coefficient (Wildman–Crippen LogP) is 2.08. The fourth-order valence-corrected chi connectivity index (χ4v) is 0.366. The van der Waals surface area contributed by atoms with Gasteiger partial charge < -0.3 is 0 Å². The van der Waals surface area contributed by atoms with Crippen LogP contribution in [0.4, 0.5) is 0 Å². The minimum absolute atomic E-state index is 0.628. The first-order chi connectivity index (χ1) is 2.81. The van der Waals surface area contributed by atoms with Crippen molar-refractivity contribution < 1.29 is 0 Å². The van der Waals surface area contributed by atoms with Crippen molar-refractivity contribution >= 4 is 22.6 Å². The first-order valence-electron chi connectivity index (χ1n) is 1.74. The van der Waals surface area contributed by atoms with E-state index >= 15 is 0 Å². The average molecular weight is 194 g/mol. The highest BCUT2D eigenvalue weighted by Gasteiger charge is 1.79. The summed E-state index contributed by atoms with van der Waals surface area (Å²) in [6, 6.07) is 0. The summed E-state index contributed by atoms with van der Waals surface area (Å²) in [5, 5.41) is 0. The van der Waals surface area contributed by atoms with Crippen molar-refractivity contribution in [3.05, 3.63) is 19.1 Å². The summed E-state index contributed by atoms with van der Waals surface area (Å²) in [5.41, 5.74) is 1.11. The molecular formula is C5H7I. The zero-order valence-corrected chi connectivity index (χ0v) is 5.73. The molecule has 0 amide bonds. The molecule has 0 saturated carbocycles. The fraction of sp³-hybridized carbons (Fsp3) is 0.400.